The van der Waals surface area contributed by atoms with Crippen LogP contribution in [0.2, 0.25) is 0 Å². The molecular formula is C17H26N2S. The van der Waals surface area contributed by atoms with Crippen molar-refractivity contribution in [2.45, 2.75) is 31.8 Å². The Bertz CT molecular complexity index is 426. The van der Waals surface area contributed by atoms with Gasteiger partial charge in [-0.2, -0.15) is 11.8 Å². The first-order valence-corrected chi connectivity index (χ1v) is 8.91. The van der Waals surface area contributed by atoms with E-state index in [1.54, 1.807) is 0 Å². The first-order chi connectivity index (χ1) is 9.64. The van der Waals surface area contributed by atoms with Gasteiger partial charge in [0.2, 0.25) is 0 Å². The first-order valence-electron chi connectivity index (χ1n) is 7.76. The van der Waals surface area contributed by atoms with E-state index in [-0.39, 0.29) is 5.54 Å². The van der Waals surface area contributed by atoms with Crippen molar-refractivity contribution >= 4 is 11.8 Å². The number of nitrogens with one attached hydrogen (secondary N) is 1. The Morgan fingerprint density at radius 3 is 2.80 bits per heavy atom. The van der Waals surface area contributed by atoms with Crippen LogP contribution in [-0.2, 0) is 0 Å². The fourth-order valence-electron chi connectivity index (χ4n) is 3.43. The molecule has 2 aliphatic heterocycles. The van der Waals surface area contributed by atoms with E-state index in [9.17, 15) is 0 Å². The maximum atomic E-state index is 3.71. The van der Waals surface area contributed by atoms with E-state index >= 15 is 0 Å². The molecule has 0 aromatic heterocycles. The predicted octanol–water partition coefficient (Wildman–Crippen LogP) is 3.16. The van der Waals surface area contributed by atoms with Crippen LogP contribution in [0, 0.1) is 5.92 Å². The molecule has 0 saturated carbocycles. The van der Waals surface area contributed by atoms with E-state index in [1.165, 1.54) is 30.0 Å². The molecule has 0 aliphatic carbocycles. The van der Waals surface area contributed by atoms with Gasteiger partial charge in [-0.25, -0.2) is 0 Å². The molecule has 2 fully saturated rings. The number of hydrogen-bond acceptors (Lipinski definition) is 3. The largest absolute Gasteiger partial charge is 0.309 e. The summed E-state index contributed by atoms with van der Waals surface area (Å²) in [5, 5.41) is 3.71. The highest BCUT2D eigenvalue weighted by molar-refractivity contribution is 7.99. The molecule has 0 amide bonds. The van der Waals surface area contributed by atoms with Gasteiger partial charge < -0.3 is 5.32 Å². The zero-order chi connectivity index (χ0) is 14.0. The third kappa shape index (κ3) is 3.38. The van der Waals surface area contributed by atoms with Gasteiger partial charge in [-0.3, -0.25) is 4.90 Å². The van der Waals surface area contributed by atoms with Gasteiger partial charge in [0.1, 0.15) is 0 Å². The maximum Gasteiger partial charge on any atom is 0.0473 e. The summed E-state index contributed by atoms with van der Waals surface area (Å²) in [6.45, 7) is 8.12. The molecule has 20 heavy (non-hydrogen) atoms. The molecular weight excluding hydrogens is 264 g/mol. The number of benzene rings is 1. The summed E-state index contributed by atoms with van der Waals surface area (Å²) in [5.74, 6) is 3.60. The normalized spacial score (nSPS) is 30.5. The van der Waals surface area contributed by atoms with Gasteiger partial charge in [-0.05, 0) is 43.3 Å². The molecule has 0 radical (unpaired) electrons. The van der Waals surface area contributed by atoms with Crippen LogP contribution >= 0.6 is 11.8 Å². The number of hydrogen-bond donors (Lipinski definition) is 1. The minimum absolute atomic E-state index is 0.233. The van der Waals surface area contributed by atoms with Crippen molar-refractivity contribution in [1.82, 2.24) is 10.2 Å². The van der Waals surface area contributed by atoms with Crippen LogP contribution in [0.25, 0.3) is 0 Å². The van der Waals surface area contributed by atoms with E-state index in [0.29, 0.717) is 6.04 Å². The third-order valence-electron chi connectivity index (χ3n) is 4.51. The summed E-state index contributed by atoms with van der Waals surface area (Å²) >= 11 is 2.13. The van der Waals surface area contributed by atoms with Crippen molar-refractivity contribution in [3.05, 3.63) is 35.9 Å². The smallest absolute Gasteiger partial charge is 0.0473 e. The van der Waals surface area contributed by atoms with Crippen LogP contribution in [0.5, 0.6) is 0 Å². The molecule has 3 heteroatoms. The lowest BCUT2D eigenvalue weighted by Crippen LogP contribution is -2.58. The van der Waals surface area contributed by atoms with Crippen LogP contribution in [0.4, 0.5) is 0 Å². The van der Waals surface area contributed by atoms with Crippen molar-refractivity contribution in [2.24, 2.45) is 5.92 Å². The Labute approximate surface area is 127 Å². The van der Waals surface area contributed by atoms with Crippen LogP contribution < -0.4 is 5.32 Å². The van der Waals surface area contributed by atoms with Gasteiger partial charge in [0.15, 0.2) is 0 Å². The molecule has 0 bridgehead atoms. The van der Waals surface area contributed by atoms with Crippen LogP contribution in [0.1, 0.15) is 31.9 Å². The average molecular weight is 290 g/mol. The zero-order valence-electron chi connectivity index (χ0n) is 12.6. The summed E-state index contributed by atoms with van der Waals surface area (Å²) in [6.07, 6.45) is 1.40. The van der Waals surface area contributed by atoms with Gasteiger partial charge in [0.25, 0.3) is 0 Å². The summed E-state index contributed by atoms with van der Waals surface area (Å²) < 4.78 is 0. The lowest BCUT2D eigenvalue weighted by Gasteiger charge is -2.45. The fraction of sp³-hybridized carbons (Fsp3) is 0.647. The van der Waals surface area contributed by atoms with E-state index in [0.717, 1.165) is 19.0 Å². The molecule has 2 saturated heterocycles. The SMILES string of the molecule is CC1(C)CN(CC2CCSC2)C(c2ccccc2)CN1. The number of piperazine rings is 1. The maximum absolute atomic E-state index is 3.71. The Kier molecular flexibility index (Phi) is 4.39. The summed E-state index contributed by atoms with van der Waals surface area (Å²) in [4.78, 5) is 2.72. The summed E-state index contributed by atoms with van der Waals surface area (Å²) in [7, 11) is 0. The minimum Gasteiger partial charge on any atom is -0.309 e. The van der Waals surface area contributed by atoms with E-state index in [1.807, 2.05) is 0 Å². The topological polar surface area (TPSA) is 15.3 Å². The van der Waals surface area contributed by atoms with Crippen LogP contribution in [-0.4, -0.2) is 41.6 Å². The van der Waals surface area contributed by atoms with Crippen molar-refractivity contribution in [1.29, 1.82) is 0 Å². The molecule has 1 aromatic rings. The quantitative estimate of drug-likeness (QED) is 0.920. The van der Waals surface area contributed by atoms with Crippen LogP contribution in [0.3, 0.4) is 0 Å². The molecule has 0 spiro atoms. The van der Waals surface area contributed by atoms with Crippen molar-refractivity contribution in [2.75, 3.05) is 31.1 Å². The van der Waals surface area contributed by atoms with Gasteiger partial charge in [0, 0.05) is 31.2 Å². The Balaban J connectivity index is 1.75. The lowest BCUT2D eigenvalue weighted by molar-refractivity contribution is 0.0821. The highest BCUT2D eigenvalue weighted by Gasteiger charge is 2.34. The second-order valence-electron chi connectivity index (χ2n) is 6.85. The molecule has 1 N–H and O–H groups in total. The predicted molar refractivity (Wildman–Crippen MR) is 88.3 cm³/mol. The first kappa shape index (κ1) is 14.4. The Morgan fingerprint density at radius 2 is 2.10 bits per heavy atom. The van der Waals surface area contributed by atoms with Crippen molar-refractivity contribution in [3.8, 4) is 0 Å². The number of thioether (sulfide) groups is 1. The molecule has 2 heterocycles. The highest BCUT2D eigenvalue weighted by Crippen LogP contribution is 2.31. The van der Waals surface area contributed by atoms with Crippen molar-refractivity contribution in [3.63, 3.8) is 0 Å². The monoisotopic (exact) mass is 290 g/mol. The van der Waals surface area contributed by atoms with Crippen molar-refractivity contribution < 1.29 is 0 Å². The molecule has 1 aromatic carbocycles. The Morgan fingerprint density at radius 1 is 1.30 bits per heavy atom. The molecule has 2 unspecified atom stereocenters. The minimum atomic E-state index is 0.233. The lowest BCUT2D eigenvalue weighted by atomic mass is 9.93. The molecule has 2 atom stereocenters. The standard InChI is InChI=1S/C17H26N2S/c1-17(2)13-19(11-14-8-9-20-12-14)16(10-18-17)15-6-4-3-5-7-15/h3-7,14,16,18H,8-13H2,1-2H3. The number of rotatable bonds is 3. The van der Waals surface area contributed by atoms with Crippen LogP contribution in [0.15, 0.2) is 30.3 Å². The van der Waals surface area contributed by atoms with Gasteiger partial charge in [-0.1, -0.05) is 30.3 Å². The fourth-order valence-corrected chi connectivity index (χ4v) is 4.70. The molecule has 3 rings (SSSR count). The second kappa shape index (κ2) is 6.08. The van der Waals surface area contributed by atoms with E-state index in [2.05, 4.69) is 66.2 Å². The van der Waals surface area contributed by atoms with Gasteiger partial charge in [0.05, 0.1) is 0 Å². The third-order valence-corrected chi connectivity index (χ3v) is 5.75. The zero-order valence-corrected chi connectivity index (χ0v) is 13.5. The highest BCUT2D eigenvalue weighted by atomic mass is 32.2. The summed E-state index contributed by atoms with van der Waals surface area (Å²) in [6, 6.07) is 11.5. The Hall–Kier alpha value is -0.510. The molecule has 110 valence electrons. The average Bonchev–Trinajstić information content (AvgIpc) is 2.92. The van der Waals surface area contributed by atoms with Gasteiger partial charge >= 0.3 is 0 Å². The second-order valence-corrected chi connectivity index (χ2v) is 8.00. The molecule has 2 aliphatic rings. The van der Waals surface area contributed by atoms with E-state index in [4.69, 9.17) is 0 Å². The van der Waals surface area contributed by atoms with E-state index < -0.39 is 0 Å². The number of nitrogens with zero attached hydrogens (tertiary/aromatic N) is 1. The van der Waals surface area contributed by atoms with Gasteiger partial charge in [-0.15, -0.1) is 0 Å². The summed E-state index contributed by atoms with van der Waals surface area (Å²) in [5.41, 5.74) is 1.69. The molecule has 2 nitrogen and oxygen atoms in total.